The van der Waals surface area contributed by atoms with E-state index in [1.165, 1.54) is 12.0 Å². The van der Waals surface area contributed by atoms with Crippen molar-refractivity contribution in [1.29, 1.82) is 0 Å². The van der Waals surface area contributed by atoms with Gasteiger partial charge in [0.2, 0.25) is 0 Å². The van der Waals surface area contributed by atoms with Crippen LogP contribution >= 0.6 is 0 Å². The van der Waals surface area contributed by atoms with Gasteiger partial charge in [0.05, 0.1) is 5.57 Å². The topological polar surface area (TPSA) is 26.3 Å². The highest BCUT2D eigenvalue weighted by molar-refractivity contribution is 5.95. The minimum atomic E-state index is -0.161. The van der Waals surface area contributed by atoms with Gasteiger partial charge in [-0.1, -0.05) is 25.5 Å². The van der Waals surface area contributed by atoms with Gasteiger partial charge in [-0.2, -0.15) is 0 Å². The summed E-state index contributed by atoms with van der Waals surface area (Å²) in [6.07, 6.45) is 9.31. The van der Waals surface area contributed by atoms with Crippen molar-refractivity contribution in [2.24, 2.45) is 0 Å². The molecule has 0 saturated carbocycles. The zero-order valence-corrected chi connectivity index (χ0v) is 8.38. The molecule has 2 heteroatoms. The van der Waals surface area contributed by atoms with Crippen molar-refractivity contribution >= 4 is 5.97 Å². The number of hydrogen-bond acceptors (Lipinski definition) is 2. The van der Waals surface area contributed by atoms with E-state index in [9.17, 15) is 4.79 Å². The molecule has 0 saturated heterocycles. The molecule has 2 nitrogen and oxygen atoms in total. The average Bonchev–Trinajstić information content (AvgIpc) is 2.57. The van der Waals surface area contributed by atoms with E-state index < -0.39 is 0 Å². The summed E-state index contributed by atoms with van der Waals surface area (Å²) >= 11 is 0. The molecule has 1 heterocycles. The van der Waals surface area contributed by atoms with E-state index in [4.69, 9.17) is 4.74 Å². The molecule has 0 bridgehead atoms. The SMILES string of the molecule is CCCC=C1C=CC2=C(COC2=O)C1. The fourth-order valence-corrected chi connectivity index (χ4v) is 1.75. The van der Waals surface area contributed by atoms with E-state index in [0.717, 1.165) is 24.0 Å². The standard InChI is InChI=1S/C12H14O2/c1-2-3-4-9-5-6-11-10(7-9)8-14-12(11)13/h4-6H,2-3,7-8H2,1H3. The van der Waals surface area contributed by atoms with Crippen LogP contribution in [0.5, 0.6) is 0 Å². The second kappa shape index (κ2) is 3.82. The summed E-state index contributed by atoms with van der Waals surface area (Å²) in [7, 11) is 0. The third-order valence-corrected chi connectivity index (χ3v) is 2.56. The lowest BCUT2D eigenvalue weighted by Crippen LogP contribution is -1.98. The van der Waals surface area contributed by atoms with Crippen LogP contribution in [0.1, 0.15) is 26.2 Å². The van der Waals surface area contributed by atoms with Crippen LogP contribution in [-0.4, -0.2) is 12.6 Å². The first-order chi connectivity index (χ1) is 6.81. The Morgan fingerprint density at radius 3 is 3.14 bits per heavy atom. The largest absolute Gasteiger partial charge is 0.458 e. The second-order valence-electron chi connectivity index (χ2n) is 3.67. The number of unbranched alkanes of at least 4 members (excludes halogenated alkanes) is 1. The Bertz CT molecular complexity index is 345. The highest BCUT2D eigenvalue weighted by Gasteiger charge is 2.24. The van der Waals surface area contributed by atoms with E-state index in [1.807, 2.05) is 12.2 Å². The molecule has 2 aliphatic rings. The normalized spacial score (nSPS) is 22.9. The summed E-state index contributed by atoms with van der Waals surface area (Å²) in [5.74, 6) is -0.161. The Morgan fingerprint density at radius 1 is 1.50 bits per heavy atom. The summed E-state index contributed by atoms with van der Waals surface area (Å²) < 4.78 is 4.96. The Balaban J connectivity index is 2.12. The molecular formula is C12H14O2. The number of allylic oxidation sites excluding steroid dienone is 3. The molecular weight excluding hydrogens is 176 g/mol. The van der Waals surface area contributed by atoms with E-state index in [2.05, 4.69) is 13.0 Å². The maximum Gasteiger partial charge on any atom is 0.338 e. The number of cyclic esters (lactones) is 1. The molecule has 0 unspecified atom stereocenters. The summed E-state index contributed by atoms with van der Waals surface area (Å²) in [5, 5.41) is 0. The fourth-order valence-electron chi connectivity index (χ4n) is 1.75. The maximum atomic E-state index is 11.2. The molecule has 0 aromatic rings. The molecule has 0 fully saturated rings. The van der Waals surface area contributed by atoms with E-state index in [0.29, 0.717) is 6.61 Å². The van der Waals surface area contributed by atoms with Crippen molar-refractivity contribution < 1.29 is 9.53 Å². The van der Waals surface area contributed by atoms with Gasteiger partial charge in [-0.05, 0) is 30.1 Å². The molecule has 1 aliphatic carbocycles. The first-order valence-corrected chi connectivity index (χ1v) is 5.07. The first-order valence-electron chi connectivity index (χ1n) is 5.07. The van der Waals surface area contributed by atoms with Crippen molar-refractivity contribution in [3.8, 4) is 0 Å². The number of rotatable bonds is 2. The van der Waals surface area contributed by atoms with Crippen molar-refractivity contribution in [2.45, 2.75) is 26.2 Å². The number of carbonyl (C=O) groups is 1. The van der Waals surface area contributed by atoms with Crippen molar-refractivity contribution in [3.05, 3.63) is 34.9 Å². The molecule has 0 N–H and O–H groups in total. The van der Waals surface area contributed by atoms with Gasteiger partial charge >= 0.3 is 5.97 Å². The highest BCUT2D eigenvalue weighted by atomic mass is 16.5. The Labute approximate surface area is 83.9 Å². The number of hydrogen-bond donors (Lipinski definition) is 0. The molecule has 0 aromatic heterocycles. The number of ether oxygens (including phenoxy) is 1. The van der Waals surface area contributed by atoms with E-state index >= 15 is 0 Å². The molecule has 0 amide bonds. The Kier molecular flexibility index (Phi) is 2.53. The van der Waals surface area contributed by atoms with Gasteiger partial charge in [-0.25, -0.2) is 4.79 Å². The predicted octanol–water partition coefficient (Wildman–Crippen LogP) is 2.53. The van der Waals surface area contributed by atoms with Crippen molar-refractivity contribution in [1.82, 2.24) is 0 Å². The summed E-state index contributed by atoms with van der Waals surface area (Å²) in [6, 6.07) is 0. The van der Waals surface area contributed by atoms with Crippen molar-refractivity contribution in [2.75, 3.05) is 6.61 Å². The quantitative estimate of drug-likeness (QED) is 0.625. The molecule has 0 spiro atoms. The maximum absolute atomic E-state index is 11.2. The van der Waals surface area contributed by atoms with Gasteiger partial charge in [0, 0.05) is 0 Å². The van der Waals surface area contributed by atoms with Crippen LogP contribution in [0.2, 0.25) is 0 Å². The molecule has 14 heavy (non-hydrogen) atoms. The van der Waals surface area contributed by atoms with Crippen molar-refractivity contribution in [3.63, 3.8) is 0 Å². The molecule has 0 atom stereocenters. The second-order valence-corrected chi connectivity index (χ2v) is 3.67. The van der Waals surface area contributed by atoms with Crippen LogP contribution in [0.3, 0.4) is 0 Å². The first kappa shape index (κ1) is 9.25. The summed E-state index contributed by atoms with van der Waals surface area (Å²) in [6.45, 7) is 2.65. The fraction of sp³-hybridized carbons (Fsp3) is 0.417. The van der Waals surface area contributed by atoms with Crippen LogP contribution in [-0.2, 0) is 9.53 Å². The molecule has 1 aliphatic heterocycles. The van der Waals surface area contributed by atoms with Crippen LogP contribution in [0, 0.1) is 0 Å². The van der Waals surface area contributed by atoms with Gasteiger partial charge < -0.3 is 4.74 Å². The lowest BCUT2D eigenvalue weighted by atomic mass is 9.95. The minimum Gasteiger partial charge on any atom is -0.458 e. The third-order valence-electron chi connectivity index (χ3n) is 2.56. The van der Waals surface area contributed by atoms with Gasteiger partial charge in [-0.15, -0.1) is 0 Å². The van der Waals surface area contributed by atoms with Gasteiger partial charge in [0.15, 0.2) is 0 Å². The van der Waals surface area contributed by atoms with Crippen LogP contribution < -0.4 is 0 Å². The number of esters is 1. The van der Waals surface area contributed by atoms with Crippen LogP contribution in [0.25, 0.3) is 0 Å². The zero-order valence-electron chi connectivity index (χ0n) is 8.38. The van der Waals surface area contributed by atoms with Gasteiger partial charge in [-0.3, -0.25) is 0 Å². The molecule has 74 valence electrons. The third kappa shape index (κ3) is 1.65. The monoisotopic (exact) mass is 190 g/mol. The summed E-state index contributed by atoms with van der Waals surface area (Å²) in [4.78, 5) is 11.2. The average molecular weight is 190 g/mol. The molecule has 2 rings (SSSR count). The summed E-state index contributed by atoms with van der Waals surface area (Å²) in [5.41, 5.74) is 3.22. The Morgan fingerprint density at radius 2 is 2.36 bits per heavy atom. The van der Waals surface area contributed by atoms with E-state index in [1.54, 1.807) is 0 Å². The van der Waals surface area contributed by atoms with E-state index in [-0.39, 0.29) is 5.97 Å². The van der Waals surface area contributed by atoms with Gasteiger partial charge in [0.1, 0.15) is 6.61 Å². The predicted molar refractivity (Wildman–Crippen MR) is 54.7 cm³/mol. The molecule has 0 radical (unpaired) electrons. The lowest BCUT2D eigenvalue weighted by Gasteiger charge is -2.08. The lowest BCUT2D eigenvalue weighted by molar-refractivity contribution is -0.135. The minimum absolute atomic E-state index is 0.161. The number of carbonyl (C=O) groups excluding carboxylic acids is 1. The van der Waals surface area contributed by atoms with Crippen LogP contribution in [0.15, 0.2) is 34.9 Å². The zero-order chi connectivity index (χ0) is 9.97. The smallest absolute Gasteiger partial charge is 0.338 e. The van der Waals surface area contributed by atoms with Gasteiger partial charge in [0.25, 0.3) is 0 Å². The Hall–Kier alpha value is -1.31. The molecule has 0 aromatic carbocycles. The van der Waals surface area contributed by atoms with Crippen LogP contribution in [0.4, 0.5) is 0 Å². The highest BCUT2D eigenvalue weighted by Crippen LogP contribution is 2.28.